The molecule has 3 heterocycles. The summed E-state index contributed by atoms with van der Waals surface area (Å²) in [4.78, 5) is 43.9. The van der Waals surface area contributed by atoms with Crippen molar-refractivity contribution in [2.75, 3.05) is 50.8 Å². The number of carbonyl (C=O) groups is 3. The largest absolute Gasteiger partial charge is 0.490 e. The van der Waals surface area contributed by atoms with E-state index >= 15 is 0 Å². The first-order valence-corrected chi connectivity index (χ1v) is 12.1. The summed E-state index contributed by atoms with van der Waals surface area (Å²) < 4.78 is 11.4. The topological polar surface area (TPSA) is 91.4 Å². The number of nitrogens with one attached hydrogen (secondary N) is 1. The minimum Gasteiger partial charge on any atom is -0.490 e. The molecule has 2 aromatic rings. The maximum atomic E-state index is 13.3. The molecule has 4 amide bonds. The van der Waals surface area contributed by atoms with Crippen LogP contribution in [-0.4, -0.2) is 73.6 Å². The van der Waals surface area contributed by atoms with E-state index in [1.54, 1.807) is 30.0 Å². The highest BCUT2D eigenvalue weighted by Gasteiger charge is 2.50. The molecule has 0 bridgehead atoms. The number of carbonyl (C=O) groups excluding carboxylic acids is 3. The van der Waals surface area contributed by atoms with Crippen LogP contribution in [0, 0.1) is 0 Å². The van der Waals surface area contributed by atoms with Crippen molar-refractivity contribution in [3.05, 3.63) is 53.1 Å². The minimum absolute atomic E-state index is 0.262. The molecule has 0 aromatic heterocycles. The van der Waals surface area contributed by atoms with Crippen molar-refractivity contribution < 1.29 is 23.9 Å². The van der Waals surface area contributed by atoms with Gasteiger partial charge in [-0.1, -0.05) is 23.7 Å². The van der Waals surface area contributed by atoms with Crippen molar-refractivity contribution in [2.24, 2.45) is 0 Å². The highest BCUT2D eigenvalue weighted by Crippen LogP contribution is 2.36. The third-order valence-electron chi connectivity index (χ3n) is 6.70. The summed E-state index contributed by atoms with van der Waals surface area (Å²) in [7, 11) is 0. The molecule has 1 unspecified atom stereocenters. The zero-order valence-corrected chi connectivity index (χ0v) is 20.2. The van der Waals surface area contributed by atoms with Gasteiger partial charge in [0.05, 0.1) is 13.2 Å². The molecule has 3 aliphatic rings. The molecule has 3 aliphatic heterocycles. The molecule has 9 nitrogen and oxygen atoms in total. The fraction of sp³-hybridized carbons (Fsp3) is 0.400. The lowest BCUT2D eigenvalue weighted by Crippen LogP contribution is -2.52. The van der Waals surface area contributed by atoms with Crippen LogP contribution in [0.1, 0.15) is 18.9 Å². The van der Waals surface area contributed by atoms with Gasteiger partial charge in [-0.2, -0.15) is 0 Å². The monoisotopic (exact) mass is 498 g/mol. The van der Waals surface area contributed by atoms with E-state index in [0.29, 0.717) is 61.5 Å². The second kappa shape index (κ2) is 9.30. The predicted octanol–water partition coefficient (Wildman–Crippen LogP) is 2.62. The lowest BCUT2D eigenvalue weighted by atomic mass is 9.91. The van der Waals surface area contributed by atoms with Crippen LogP contribution in [-0.2, 0) is 15.1 Å². The van der Waals surface area contributed by atoms with Crippen LogP contribution < -0.4 is 19.7 Å². The predicted molar refractivity (Wildman–Crippen MR) is 130 cm³/mol. The van der Waals surface area contributed by atoms with Crippen molar-refractivity contribution in [3.63, 3.8) is 0 Å². The molecule has 2 saturated heterocycles. The summed E-state index contributed by atoms with van der Waals surface area (Å²) in [5, 5.41) is 3.42. The van der Waals surface area contributed by atoms with Crippen molar-refractivity contribution in [1.82, 2.24) is 15.1 Å². The van der Waals surface area contributed by atoms with Crippen LogP contribution in [0.4, 0.5) is 10.5 Å². The molecular formula is C25H27ClN4O5. The van der Waals surface area contributed by atoms with Gasteiger partial charge in [-0.05, 0) is 42.8 Å². The highest BCUT2D eigenvalue weighted by atomic mass is 35.5. The van der Waals surface area contributed by atoms with Crippen molar-refractivity contribution in [2.45, 2.75) is 18.9 Å². The Kier molecular flexibility index (Phi) is 6.19. The summed E-state index contributed by atoms with van der Waals surface area (Å²) in [5.74, 6) is 0.413. The Bertz CT molecular complexity index is 1170. The molecule has 0 spiro atoms. The fourth-order valence-corrected chi connectivity index (χ4v) is 4.82. The van der Waals surface area contributed by atoms with Crippen LogP contribution in [0.15, 0.2) is 42.5 Å². The molecular weight excluding hydrogens is 472 g/mol. The van der Waals surface area contributed by atoms with Gasteiger partial charge in [0.25, 0.3) is 5.91 Å². The van der Waals surface area contributed by atoms with Crippen LogP contribution in [0.5, 0.6) is 11.5 Å². The number of hydrogen-bond donors (Lipinski definition) is 1. The van der Waals surface area contributed by atoms with Crippen LogP contribution in [0.25, 0.3) is 0 Å². The second-order valence-corrected chi connectivity index (χ2v) is 9.44. The van der Waals surface area contributed by atoms with Gasteiger partial charge in [0.2, 0.25) is 5.91 Å². The summed E-state index contributed by atoms with van der Waals surface area (Å²) >= 11 is 6.10. The van der Waals surface area contributed by atoms with Crippen LogP contribution >= 0.6 is 11.6 Å². The molecule has 0 saturated carbocycles. The number of nitrogens with zero attached hydrogens (tertiary/aromatic N) is 3. The van der Waals surface area contributed by atoms with E-state index in [9.17, 15) is 14.4 Å². The summed E-state index contributed by atoms with van der Waals surface area (Å²) in [5.41, 5.74) is 0.280. The van der Waals surface area contributed by atoms with E-state index in [4.69, 9.17) is 21.1 Å². The number of amides is 4. The highest BCUT2D eigenvalue weighted by molar-refractivity contribution is 6.30. The summed E-state index contributed by atoms with van der Waals surface area (Å²) in [6, 6.07) is 12.2. The van der Waals surface area contributed by atoms with Gasteiger partial charge < -0.3 is 24.6 Å². The molecule has 10 heteroatoms. The maximum Gasteiger partial charge on any atom is 0.325 e. The van der Waals surface area contributed by atoms with Gasteiger partial charge in [-0.25, -0.2) is 4.79 Å². The summed E-state index contributed by atoms with van der Waals surface area (Å²) in [6.07, 6.45) is 0.764. The number of hydrogen-bond acceptors (Lipinski definition) is 6. The number of anilines is 1. The van der Waals surface area contributed by atoms with Gasteiger partial charge in [0.1, 0.15) is 12.1 Å². The normalized spacial score (nSPS) is 22.2. The molecule has 5 rings (SSSR count). The molecule has 0 radical (unpaired) electrons. The van der Waals surface area contributed by atoms with Crippen molar-refractivity contribution >= 4 is 35.1 Å². The van der Waals surface area contributed by atoms with Crippen LogP contribution in [0.2, 0.25) is 5.02 Å². The molecule has 35 heavy (non-hydrogen) atoms. The Morgan fingerprint density at radius 2 is 1.77 bits per heavy atom. The molecule has 1 N–H and O–H groups in total. The maximum absolute atomic E-state index is 13.3. The standard InChI is InChI=1S/C25H27ClN4O5/c1-25(17-6-7-20-21(14-17)35-13-3-12-34-20)23(32)30(24(33)27-25)16-22(31)29-10-8-28(9-11-29)19-5-2-4-18(26)15-19/h2,4-7,14-15H,3,8-13,16H2,1H3,(H,27,33). The Balaban J connectivity index is 1.24. The van der Waals surface area contributed by atoms with E-state index < -0.39 is 17.5 Å². The Labute approximate surface area is 208 Å². The van der Waals surface area contributed by atoms with Crippen LogP contribution in [0.3, 0.4) is 0 Å². The number of halogens is 1. The number of urea groups is 1. The Hall–Kier alpha value is -3.46. The summed E-state index contributed by atoms with van der Waals surface area (Å²) in [6.45, 7) is 4.68. The van der Waals surface area contributed by atoms with E-state index in [-0.39, 0.29) is 12.5 Å². The Morgan fingerprint density at radius 1 is 1.03 bits per heavy atom. The minimum atomic E-state index is -1.30. The van der Waals surface area contributed by atoms with Gasteiger partial charge >= 0.3 is 6.03 Å². The third kappa shape index (κ3) is 4.48. The van der Waals surface area contributed by atoms with E-state index in [1.807, 2.05) is 24.3 Å². The molecule has 184 valence electrons. The molecule has 0 aliphatic carbocycles. The number of piperazine rings is 1. The second-order valence-electron chi connectivity index (χ2n) is 9.01. The van der Waals surface area contributed by atoms with E-state index in [0.717, 1.165) is 17.0 Å². The lowest BCUT2D eigenvalue weighted by molar-refractivity contribution is -0.139. The SMILES string of the molecule is CC1(c2ccc3c(c2)OCCCO3)NC(=O)N(CC(=O)N2CCN(c3cccc(Cl)c3)CC2)C1=O. The van der Waals surface area contributed by atoms with E-state index in [2.05, 4.69) is 10.2 Å². The number of rotatable bonds is 4. The fourth-order valence-electron chi connectivity index (χ4n) is 4.63. The molecule has 2 fully saturated rings. The Morgan fingerprint density at radius 3 is 2.51 bits per heavy atom. The van der Waals surface area contributed by atoms with Crippen molar-refractivity contribution in [1.29, 1.82) is 0 Å². The zero-order chi connectivity index (χ0) is 24.6. The lowest BCUT2D eigenvalue weighted by Gasteiger charge is -2.36. The molecule has 1 atom stereocenters. The number of fused-ring (bicyclic) bond motifs is 1. The first-order chi connectivity index (χ1) is 16.8. The average Bonchev–Trinajstić information content (AvgIpc) is 3.02. The smallest absolute Gasteiger partial charge is 0.325 e. The van der Waals surface area contributed by atoms with Gasteiger partial charge in [-0.3, -0.25) is 14.5 Å². The first kappa shape index (κ1) is 23.3. The number of benzene rings is 2. The van der Waals surface area contributed by atoms with Crippen molar-refractivity contribution in [3.8, 4) is 11.5 Å². The average molecular weight is 499 g/mol. The first-order valence-electron chi connectivity index (χ1n) is 11.7. The number of imide groups is 1. The van der Waals surface area contributed by atoms with Gasteiger partial charge in [0.15, 0.2) is 11.5 Å². The molecule has 2 aromatic carbocycles. The van der Waals surface area contributed by atoms with Gasteiger partial charge in [-0.15, -0.1) is 0 Å². The van der Waals surface area contributed by atoms with E-state index in [1.165, 1.54) is 0 Å². The number of ether oxygens (including phenoxy) is 2. The quantitative estimate of drug-likeness (QED) is 0.652. The van der Waals surface area contributed by atoms with Gasteiger partial charge in [0, 0.05) is 43.3 Å². The third-order valence-corrected chi connectivity index (χ3v) is 6.93. The zero-order valence-electron chi connectivity index (χ0n) is 19.5.